The van der Waals surface area contributed by atoms with Crippen LogP contribution in [0.1, 0.15) is 20.8 Å². The van der Waals surface area contributed by atoms with Crippen LogP contribution in [0, 0.1) is 5.82 Å². The van der Waals surface area contributed by atoms with Crippen LogP contribution < -0.4 is 21.9 Å². The first-order valence-electron chi connectivity index (χ1n) is 14.2. The van der Waals surface area contributed by atoms with Gasteiger partial charge in [-0.2, -0.15) is 8.42 Å². The van der Waals surface area contributed by atoms with Crippen molar-refractivity contribution in [3.8, 4) is 11.5 Å². The highest BCUT2D eigenvalue weighted by atomic mass is 32.3. The molecule has 0 saturated heterocycles. The highest BCUT2D eigenvalue weighted by Crippen LogP contribution is 2.30. The number of ether oxygens (including phenoxy) is 1. The number of halogens is 6. The molecule has 0 atom stereocenters. The van der Waals surface area contributed by atoms with Crippen molar-refractivity contribution in [2.75, 3.05) is 36.8 Å². The minimum atomic E-state index is -5.67. The van der Waals surface area contributed by atoms with E-state index in [4.69, 9.17) is 43.4 Å². The second-order valence-corrected chi connectivity index (χ2v) is 13.7. The first-order valence-corrected chi connectivity index (χ1v) is 19.0. The van der Waals surface area contributed by atoms with E-state index in [2.05, 4.69) is 45.4 Å². The number of thiazole rings is 3. The molecule has 53 heavy (non-hydrogen) atoms. The Balaban J connectivity index is 0.000000336. The van der Waals surface area contributed by atoms with Crippen molar-refractivity contribution < 1.29 is 56.2 Å². The summed E-state index contributed by atoms with van der Waals surface area (Å²) in [4.78, 5) is 14.3. The van der Waals surface area contributed by atoms with Gasteiger partial charge in [0.15, 0.2) is 15.4 Å². The molecule has 0 aliphatic heterocycles. The zero-order chi connectivity index (χ0) is 40.5. The van der Waals surface area contributed by atoms with E-state index >= 15 is 0 Å². The van der Waals surface area contributed by atoms with Crippen molar-refractivity contribution in [1.29, 1.82) is 0 Å². The molecule has 6 aromatic rings. The van der Waals surface area contributed by atoms with Crippen LogP contribution in [-0.2, 0) is 21.2 Å². The summed E-state index contributed by atoms with van der Waals surface area (Å²) in [5, 5.41) is 10.4. The molecule has 0 bridgehead atoms. The Hall–Kier alpha value is -4.56. The molecule has 0 amide bonds. The number of benzene rings is 3. The van der Waals surface area contributed by atoms with E-state index in [1.807, 2.05) is 0 Å². The lowest BCUT2D eigenvalue weighted by molar-refractivity contribution is -0.274. The highest BCUT2D eigenvalue weighted by Gasteiger charge is 2.31. The van der Waals surface area contributed by atoms with E-state index in [1.165, 1.54) is 72.6 Å². The highest BCUT2D eigenvalue weighted by molar-refractivity contribution is 7.81. The topological polar surface area (TPSA) is 235 Å². The van der Waals surface area contributed by atoms with E-state index in [0.717, 1.165) is 31.8 Å². The molecule has 6 rings (SSSR count). The first-order chi connectivity index (χ1) is 24.5. The molecule has 3 aromatic heterocycles. The zero-order valence-corrected chi connectivity index (χ0v) is 31.6. The first kappa shape index (κ1) is 46.5. The van der Waals surface area contributed by atoms with Gasteiger partial charge in [-0.3, -0.25) is 0 Å². The Morgan fingerprint density at radius 1 is 0.736 bits per heavy atom. The van der Waals surface area contributed by atoms with E-state index in [1.54, 1.807) is 24.3 Å². The number of nitrogens with two attached hydrogens (primary N) is 3. The number of nitrogen functional groups attached to an aromatic ring is 3. The fraction of sp³-hybridized carbons (Fsp3) is 0.250. The lowest BCUT2D eigenvalue weighted by atomic mass is 10.3. The maximum absolute atomic E-state index is 12.6. The molecule has 14 nitrogen and oxygen atoms in total. The summed E-state index contributed by atoms with van der Waals surface area (Å²) in [5.41, 5.74) is 18.5. The maximum atomic E-state index is 12.6. The van der Waals surface area contributed by atoms with Gasteiger partial charge in [-0.25, -0.2) is 19.3 Å². The molecule has 0 aliphatic carbocycles. The number of rotatable bonds is 4. The van der Waals surface area contributed by atoms with Gasteiger partial charge >= 0.3 is 27.6 Å². The number of phenolic OH excluding ortho intramolecular Hbond substituents is 1. The molecule has 0 unspecified atom stereocenters. The van der Waals surface area contributed by atoms with Crippen molar-refractivity contribution in [3.63, 3.8) is 0 Å². The van der Waals surface area contributed by atoms with E-state index in [-0.39, 0.29) is 17.3 Å². The minimum absolute atomic E-state index is 0.249. The molecule has 0 spiro atoms. The molecule has 25 heteroatoms. The van der Waals surface area contributed by atoms with Crippen molar-refractivity contribution in [1.82, 2.24) is 19.9 Å². The Labute approximate surface area is 312 Å². The van der Waals surface area contributed by atoms with Gasteiger partial charge in [-0.15, -0.1) is 25.8 Å². The Morgan fingerprint density at radius 2 is 1.09 bits per heavy atom. The molecule has 0 fully saturated rings. The normalized spacial score (nSPS) is 10.7. The predicted octanol–water partition coefficient (Wildman–Crippen LogP) is 6.89. The molecule has 7 N–H and O–H groups in total. The minimum Gasteiger partial charge on any atom is -0.508 e. The van der Waals surface area contributed by atoms with Crippen LogP contribution >= 0.6 is 34.0 Å². The van der Waals surface area contributed by atoms with Crippen molar-refractivity contribution in [2.24, 2.45) is 0 Å². The summed E-state index contributed by atoms with van der Waals surface area (Å²) < 4.78 is 116. The quantitative estimate of drug-likeness (QED) is 0.104. The summed E-state index contributed by atoms with van der Waals surface area (Å²) in [6, 6.07) is 13.3. The Morgan fingerprint density at radius 3 is 1.47 bits per heavy atom. The number of aromatic hydroxyl groups is 1. The van der Waals surface area contributed by atoms with Gasteiger partial charge in [0, 0.05) is 6.07 Å². The number of hydrogen-bond donors (Lipinski definition) is 4. The van der Waals surface area contributed by atoms with Crippen molar-refractivity contribution in [3.05, 3.63) is 60.4 Å². The smallest absolute Gasteiger partial charge is 0.508 e. The molecular formula is C28H31F6N7O7S5. The maximum Gasteiger partial charge on any atom is 0.573 e. The number of aromatic nitrogens is 3. The Kier molecular flexibility index (Phi) is 19.1. The number of phenols is 1. The molecular weight excluding hydrogens is 821 g/mol. The van der Waals surface area contributed by atoms with Crippen LogP contribution in [0.25, 0.3) is 30.6 Å². The lowest BCUT2D eigenvalue weighted by Gasteiger charge is -2.13. The second kappa shape index (κ2) is 21.8. The van der Waals surface area contributed by atoms with Crippen LogP contribution in [0.5, 0.6) is 11.5 Å². The number of fused-ring (bicyclic) bond motifs is 3. The van der Waals surface area contributed by atoms with E-state index in [9.17, 15) is 25.3 Å². The van der Waals surface area contributed by atoms with Crippen LogP contribution in [0.2, 0.25) is 0 Å². The standard InChI is InChI=1S/C8H5F3N2OS.C7H5FN2S.C7H6N2OS.C6H15N.F2O2S.O3S/c9-8(10,11)14-4-1-2-5-6(3-4)15-7(12)13-5;8-4-1-2-5-6(3-4)11-7(9)10-5;8-7-9-5-2-1-4(10)3-6(5)11-7;1-4-7(5-2)6-3;1-5(2,3)4;1-4(2)3/h1-3H,(H2,12,13);1-3H,(H2,9,10);1-3,10H,(H2,8,9);4-6H2,1-3H3;;. The van der Waals surface area contributed by atoms with Gasteiger partial charge in [0.05, 0.1) is 30.6 Å². The van der Waals surface area contributed by atoms with Crippen LogP contribution in [0.3, 0.4) is 0 Å². The fourth-order valence-electron chi connectivity index (χ4n) is 3.64. The van der Waals surface area contributed by atoms with Crippen LogP contribution in [0.4, 0.5) is 40.7 Å². The third-order valence-electron chi connectivity index (χ3n) is 5.71. The SMILES string of the molecule is CCN(CC)CC.Nc1nc2ccc(F)cc2s1.Nc1nc2ccc(O)cc2s1.Nc1nc2ccc(OC(F)(F)F)cc2s1.O=S(=O)(F)F.O=S(=O)=O. The summed E-state index contributed by atoms with van der Waals surface area (Å²) in [7, 11) is -8.78. The summed E-state index contributed by atoms with van der Waals surface area (Å²) >= 11 is 3.78. The summed E-state index contributed by atoms with van der Waals surface area (Å²) in [5.74, 6) is -0.263. The van der Waals surface area contributed by atoms with Crippen molar-refractivity contribution >= 4 is 101 Å². The third kappa shape index (κ3) is 20.3. The van der Waals surface area contributed by atoms with Gasteiger partial charge in [0.25, 0.3) is 0 Å². The largest absolute Gasteiger partial charge is 0.573 e. The second-order valence-electron chi connectivity index (χ2n) is 9.30. The van der Waals surface area contributed by atoms with Gasteiger partial charge in [-0.1, -0.05) is 62.6 Å². The fourth-order valence-corrected chi connectivity index (χ4v) is 5.93. The number of hydrogen-bond acceptors (Lipinski definition) is 17. The van der Waals surface area contributed by atoms with E-state index < -0.39 is 27.6 Å². The predicted molar refractivity (Wildman–Crippen MR) is 195 cm³/mol. The molecule has 3 heterocycles. The van der Waals surface area contributed by atoms with E-state index in [0.29, 0.717) is 25.6 Å². The third-order valence-corrected chi connectivity index (χ3v) is 8.25. The Bertz CT molecular complexity index is 2170. The number of nitrogens with zero attached hydrogens (tertiary/aromatic N) is 4. The lowest BCUT2D eigenvalue weighted by Crippen LogP contribution is -2.21. The van der Waals surface area contributed by atoms with Gasteiger partial charge in [0.2, 0.25) is 0 Å². The van der Waals surface area contributed by atoms with Crippen LogP contribution in [-0.4, -0.2) is 72.0 Å². The monoisotopic (exact) mass is 851 g/mol. The molecule has 0 radical (unpaired) electrons. The summed E-state index contributed by atoms with van der Waals surface area (Å²) in [6.07, 6.45) is -4.68. The number of alkyl halides is 3. The molecule has 0 aliphatic rings. The van der Waals surface area contributed by atoms with Gasteiger partial charge in [-0.05, 0) is 68.2 Å². The number of anilines is 3. The van der Waals surface area contributed by atoms with Crippen molar-refractivity contribution in [2.45, 2.75) is 27.1 Å². The van der Waals surface area contributed by atoms with Gasteiger partial charge < -0.3 is 31.9 Å². The molecule has 0 saturated carbocycles. The van der Waals surface area contributed by atoms with Gasteiger partial charge in [0.1, 0.15) is 17.3 Å². The average Bonchev–Trinajstić information content (AvgIpc) is 3.70. The zero-order valence-electron chi connectivity index (χ0n) is 27.5. The average molecular weight is 852 g/mol. The summed E-state index contributed by atoms with van der Waals surface area (Å²) in [6.45, 7) is 10.1. The molecule has 3 aromatic carbocycles. The van der Waals surface area contributed by atoms with Crippen LogP contribution in [0.15, 0.2) is 54.6 Å². The molecule has 292 valence electrons.